The van der Waals surface area contributed by atoms with Crippen molar-refractivity contribution in [3.63, 3.8) is 0 Å². The summed E-state index contributed by atoms with van der Waals surface area (Å²) in [5.41, 5.74) is 0.730. The van der Waals surface area contributed by atoms with Gasteiger partial charge in [-0.3, -0.25) is 0 Å². The topological polar surface area (TPSA) is 74.2 Å². The highest BCUT2D eigenvalue weighted by atomic mass is 32.1. The number of aliphatic hydroxyl groups is 1. The number of thiophene rings is 1. The third kappa shape index (κ3) is 3.03. The molecule has 23 heavy (non-hydrogen) atoms. The number of hydrogen-bond acceptors (Lipinski definition) is 7. The molecule has 2 N–H and O–H groups in total. The molecule has 1 saturated heterocycles. The van der Waals surface area contributed by atoms with Crippen molar-refractivity contribution in [3.8, 4) is 0 Å². The molecule has 0 saturated carbocycles. The molecule has 1 aromatic rings. The zero-order chi connectivity index (χ0) is 16.2. The molecule has 0 bridgehead atoms. The number of rotatable bonds is 4. The summed E-state index contributed by atoms with van der Waals surface area (Å²) in [6.45, 7) is 3.24. The molecular weight excluding hydrogens is 314 g/mol. The number of likely N-dealkylation sites (tertiary alicyclic amines) is 1. The Labute approximate surface area is 138 Å². The fraction of sp³-hybridized carbons (Fsp3) is 0.438. The van der Waals surface area contributed by atoms with Crippen LogP contribution in [0, 0.1) is 0 Å². The summed E-state index contributed by atoms with van der Waals surface area (Å²) in [6, 6.07) is 3.91. The first-order valence-corrected chi connectivity index (χ1v) is 8.56. The maximum atomic E-state index is 11.2. The van der Waals surface area contributed by atoms with Crippen molar-refractivity contribution < 1.29 is 14.6 Å². The van der Waals surface area contributed by atoms with Gasteiger partial charge < -0.3 is 20.1 Å². The molecule has 0 aliphatic carbocycles. The van der Waals surface area contributed by atoms with Gasteiger partial charge >= 0.3 is 0 Å². The maximum Gasteiger partial charge on any atom is 0.219 e. The first-order chi connectivity index (χ1) is 11.3. The lowest BCUT2D eigenvalue weighted by Crippen LogP contribution is -2.42. The zero-order valence-electron chi connectivity index (χ0n) is 12.9. The van der Waals surface area contributed by atoms with Crippen LogP contribution in [0.15, 0.2) is 34.1 Å². The van der Waals surface area contributed by atoms with E-state index in [2.05, 4.69) is 10.3 Å². The van der Waals surface area contributed by atoms with Crippen LogP contribution in [0.2, 0.25) is 0 Å². The van der Waals surface area contributed by atoms with Gasteiger partial charge in [0, 0.05) is 6.54 Å². The normalized spacial score (nSPS) is 21.1. The van der Waals surface area contributed by atoms with Crippen molar-refractivity contribution in [1.29, 1.82) is 0 Å². The van der Waals surface area contributed by atoms with Gasteiger partial charge in [-0.1, -0.05) is 6.07 Å². The smallest absolute Gasteiger partial charge is 0.219 e. The molecule has 0 aromatic carbocycles. The third-order valence-corrected chi connectivity index (χ3v) is 4.79. The van der Waals surface area contributed by atoms with Crippen LogP contribution in [0.25, 0.3) is 5.70 Å². The zero-order valence-corrected chi connectivity index (χ0v) is 13.7. The Balaban J connectivity index is 2.09. The molecule has 0 radical (unpaired) electrons. The largest absolute Gasteiger partial charge is 0.488 e. The van der Waals surface area contributed by atoms with Crippen LogP contribution >= 0.6 is 11.3 Å². The molecule has 122 valence electrons. The van der Waals surface area contributed by atoms with E-state index in [9.17, 15) is 9.90 Å². The molecule has 2 aliphatic heterocycles. The maximum absolute atomic E-state index is 11.2. The molecule has 0 amide bonds. The summed E-state index contributed by atoms with van der Waals surface area (Å²) in [7, 11) is 0. The Bertz CT molecular complexity index is 675. The Morgan fingerprint density at radius 2 is 2.48 bits per heavy atom. The molecule has 1 fully saturated rings. The molecular formula is C16H19N3O3S. The lowest BCUT2D eigenvalue weighted by molar-refractivity contribution is 0.197. The summed E-state index contributed by atoms with van der Waals surface area (Å²) in [6.07, 6.45) is 1.88. The Hall–Kier alpha value is -2.08. The van der Waals surface area contributed by atoms with Crippen molar-refractivity contribution in [1.82, 2.24) is 10.2 Å². The van der Waals surface area contributed by atoms with Crippen LogP contribution in [-0.4, -0.2) is 47.6 Å². The van der Waals surface area contributed by atoms with E-state index in [0.29, 0.717) is 18.2 Å². The average Bonchev–Trinajstić information content (AvgIpc) is 3.26. The van der Waals surface area contributed by atoms with Gasteiger partial charge in [0.05, 0.1) is 24.1 Å². The number of aliphatic imine (C=N–C) groups is 1. The van der Waals surface area contributed by atoms with Crippen LogP contribution in [0.3, 0.4) is 0 Å². The second-order valence-corrected chi connectivity index (χ2v) is 6.25. The molecule has 7 heteroatoms. The molecule has 2 aliphatic rings. The van der Waals surface area contributed by atoms with Gasteiger partial charge in [-0.25, -0.2) is 4.79 Å². The molecule has 3 heterocycles. The lowest BCUT2D eigenvalue weighted by Gasteiger charge is -2.31. The van der Waals surface area contributed by atoms with E-state index < -0.39 is 0 Å². The highest BCUT2D eigenvalue weighted by Crippen LogP contribution is 2.30. The van der Waals surface area contributed by atoms with E-state index in [0.717, 1.165) is 30.0 Å². The standard InChI is InChI=1S/C16H19N3O3S/c1-2-22-15-14(12-6-4-8-23-12)17-13(10-21)18-16(15)19-7-3-5-11(19)9-20/h4,6,8,11,17,20H,2-3,5,7,9H2,1H3. The van der Waals surface area contributed by atoms with Crippen molar-refractivity contribution in [2.45, 2.75) is 25.8 Å². The second-order valence-electron chi connectivity index (χ2n) is 5.30. The number of nitrogens with zero attached hydrogens (tertiary/aromatic N) is 2. The van der Waals surface area contributed by atoms with Gasteiger partial charge in [0.15, 0.2) is 17.5 Å². The Morgan fingerprint density at radius 1 is 1.61 bits per heavy atom. The van der Waals surface area contributed by atoms with Gasteiger partial charge in [-0.05, 0) is 31.2 Å². The number of hydrogen-bond donors (Lipinski definition) is 2. The first-order valence-electron chi connectivity index (χ1n) is 7.68. The predicted molar refractivity (Wildman–Crippen MR) is 89.5 cm³/mol. The highest BCUT2D eigenvalue weighted by molar-refractivity contribution is 7.11. The van der Waals surface area contributed by atoms with Crippen molar-refractivity contribution in [3.05, 3.63) is 34.0 Å². The van der Waals surface area contributed by atoms with E-state index in [1.54, 1.807) is 11.3 Å². The number of amidine groups is 1. The Morgan fingerprint density at radius 3 is 3.13 bits per heavy atom. The quantitative estimate of drug-likeness (QED) is 0.819. The molecule has 1 atom stereocenters. The van der Waals surface area contributed by atoms with Crippen LogP contribution < -0.4 is 5.32 Å². The predicted octanol–water partition coefficient (Wildman–Crippen LogP) is 1.58. The summed E-state index contributed by atoms with van der Waals surface area (Å²) < 4.78 is 5.86. The van der Waals surface area contributed by atoms with Gasteiger partial charge in [0.2, 0.25) is 5.82 Å². The van der Waals surface area contributed by atoms with Crippen molar-refractivity contribution in [2.24, 2.45) is 4.99 Å². The molecule has 3 rings (SSSR count). The summed E-state index contributed by atoms with van der Waals surface area (Å²) >= 11 is 1.56. The number of ether oxygens (including phenoxy) is 1. The summed E-state index contributed by atoms with van der Waals surface area (Å²) in [5.74, 6) is 3.19. The van der Waals surface area contributed by atoms with Gasteiger partial charge in [0.1, 0.15) is 5.70 Å². The van der Waals surface area contributed by atoms with Crippen LogP contribution in [0.4, 0.5) is 0 Å². The van der Waals surface area contributed by atoms with Crippen LogP contribution in [0.5, 0.6) is 0 Å². The minimum absolute atomic E-state index is 0.000191. The first kappa shape index (κ1) is 15.8. The summed E-state index contributed by atoms with van der Waals surface area (Å²) in [4.78, 5) is 18.6. The molecule has 0 spiro atoms. The highest BCUT2D eigenvalue weighted by Gasteiger charge is 2.34. The second kappa shape index (κ2) is 7.00. The minimum atomic E-state index is -0.000191. The monoisotopic (exact) mass is 333 g/mol. The van der Waals surface area contributed by atoms with E-state index >= 15 is 0 Å². The Kier molecular flexibility index (Phi) is 4.81. The van der Waals surface area contributed by atoms with E-state index in [1.807, 2.05) is 35.3 Å². The van der Waals surface area contributed by atoms with E-state index in [-0.39, 0.29) is 18.5 Å². The SMILES string of the molecule is CCOC1=C(c2cccs2)NC(=C=O)N=C1N1CCCC1CO. The third-order valence-electron chi connectivity index (χ3n) is 3.90. The lowest BCUT2D eigenvalue weighted by atomic mass is 10.2. The number of nitrogens with one attached hydrogen (secondary N) is 1. The van der Waals surface area contributed by atoms with Gasteiger partial charge in [0.25, 0.3) is 0 Å². The molecule has 1 aromatic heterocycles. The van der Waals surface area contributed by atoms with E-state index in [4.69, 9.17) is 4.74 Å². The van der Waals surface area contributed by atoms with Gasteiger partial charge in [-0.15, -0.1) is 11.3 Å². The van der Waals surface area contributed by atoms with Crippen molar-refractivity contribution >= 4 is 28.8 Å². The fourth-order valence-electron chi connectivity index (χ4n) is 2.89. The van der Waals surface area contributed by atoms with Gasteiger partial charge in [-0.2, -0.15) is 4.99 Å². The number of carbonyl (C=O) groups excluding carboxylic acids is 1. The minimum Gasteiger partial charge on any atom is -0.488 e. The number of aliphatic hydroxyl groups excluding tert-OH is 1. The van der Waals surface area contributed by atoms with Crippen molar-refractivity contribution in [2.75, 3.05) is 19.8 Å². The summed E-state index contributed by atoms with van der Waals surface area (Å²) in [5, 5.41) is 14.6. The van der Waals surface area contributed by atoms with E-state index in [1.165, 1.54) is 0 Å². The molecule has 1 unspecified atom stereocenters. The fourth-order valence-corrected chi connectivity index (χ4v) is 3.62. The average molecular weight is 333 g/mol. The van der Waals surface area contributed by atoms with Crippen LogP contribution in [0.1, 0.15) is 24.6 Å². The van der Waals surface area contributed by atoms with Crippen LogP contribution in [-0.2, 0) is 9.53 Å². The molecule has 6 nitrogen and oxygen atoms in total.